The molecule has 0 amide bonds. The minimum atomic E-state index is 0.552. The number of hydrogen-bond acceptors (Lipinski definition) is 7. The predicted octanol–water partition coefficient (Wildman–Crippen LogP) is 3.63. The first-order chi connectivity index (χ1) is 13.3. The van der Waals surface area contributed by atoms with Gasteiger partial charge in [-0.05, 0) is 17.7 Å². The monoisotopic (exact) mass is 378 g/mol. The van der Waals surface area contributed by atoms with Gasteiger partial charge in [-0.1, -0.05) is 49.0 Å². The Hall–Kier alpha value is -3.00. The van der Waals surface area contributed by atoms with Gasteiger partial charge in [0.05, 0.1) is 12.3 Å². The summed E-state index contributed by atoms with van der Waals surface area (Å²) in [6.45, 7) is 2.67. The van der Waals surface area contributed by atoms with E-state index in [4.69, 9.17) is 4.42 Å². The molecule has 0 spiro atoms. The van der Waals surface area contributed by atoms with Gasteiger partial charge >= 0.3 is 0 Å². The summed E-state index contributed by atoms with van der Waals surface area (Å²) in [5.41, 5.74) is 2.16. The van der Waals surface area contributed by atoms with E-state index in [9.17, 15) is 0 Å². The number of pyridine rings is 1. The summed E-state index contributed by atoms with van der Waals surface area (Å²) in [5.74, 6) is 2.60. The average molecular weight is 378 g/mol. The normalized spacial score (nSPS) is 11.0. The highest BCUT2D eigenvalue weighted by Gasteiger charge is 2.16. The molecule has 0 saturated carbocycles. The van der Waals surface area contributed by atoms with Gasteiger partial charge in [-0.25, -0.2) is 0 Å². The van der Waals surface area contributed by atoms with Crippen LogP contribution in [0.25, 0.3) is 11.4 Å². The summed E-state index contributed by atoms with van der Waals surface area (Å²) in [7, 11) is 0. The maximum atomic E-state index is 5.60. The van der Waals surface area contributed by atoms with E-state index in [0.29, 0.717) is 24.1 Å². The van der Waals surface area contributed by atoms with Gasteiger partial charge in [-0.2, -0.15) is 0 Å². The lowest BCUT2D eigenvalue weighted by Gasteiger charge is -2.10. The van der Waals surface area contributed by atoms with Crippen LogP contribution in [0.2, 0.25) is 0 Å². The van der Waals surface area contributed by atoms with E-state index in [2.05, 4.69) is 42.1 Å². The van der Waals surface area contributed by atoms with Crippen molar-refractivity contribution in [3.05, 3.63) is 72.2 Å². The van der Waals surface area contributed by atoms with Crippen LogP contribution in [0.5, 0.6) is 0 Å². The Balaban J connectivity index is 1.63. The lowest BCUT2D eigenvalue weighted by Crippen LogP contribution is -2.04. The Bertz CT molecular complexity index is 999. The molecule has 8 heteroatoms. The Morgan fingerprint density at radius 1 is 0.926 bits per heavy atom. The van der Waals surface area contributed by atoms with Gasteiger partial charge in [0.25, 0.3) is 0 Å². The minimum absolute atomic E-state index is 0.552. The highest BCUT2D eigenvalue weighted by atomic mass is 32.2. The predicted molar refractivity (Wildman–Crippen MR) is 102 cm³/mol. The van der Waals surface area contributed by atoms with Gasteiger partial charge in [0.2, 0.25) is 11.8 Å². The Morgan fingerprint density at radius 3 is 2.44 bits per heavy atom. The van der Waals surface area contributed by atoms with E-state index < -0.39 is 0 Å². The lowest BCUT2D eigenvalue weighted by atomic mass is 10.2. The largest absolute Gasteiger partial charge is 0.424 e. The molecular formula is C19H18N6OS. The Kier molecular flexibility index (Phi) is 5.24. The second kappa shape index (κ2) is 8.13. The molecule has 3 heterocycles. The topological polar surface area (TPSA) is 82.5 Å². The van der Waals surface area contributed by atoms with Gasteiger partial charge < -0.3 is 4.42 Å². The summed E-state index contributed by atoms with van der Waals surface area (Å²) < 4.78 is 7.70. The summed E-state index contributed by atoms with van der Waals surface area (Å²) in [5, 5.41) is 17.7. The van der Waals surface area contributed by atoms with E-state index in [1.54, 1.807) is 12.4 Å². The van der Waals surface area contributed by atoms with Crippen molar-refractivity contribution in [2.45, 2.75) is 30.8 Å². The zero-order valence-corrected chi connectivity index (χ0v) is 15.6. The maximum Gasteiger partial charge on any atom is 0.226 e. The molecule has 0 aliphatic carbocycles. The molecule has 0 bridgehead atoms. The quantitative estimate of drug-likeness (QED) is 0.454. The molecule has 0 radical (unpaired) electrons. The third-order valence-corrected chi connectivity index (χ3v) is 4.93. The van der Waals surface area contributed by atoms with Crippen LogP contribution in [0.4, 0.5) is 0 Å². The first kappa shape index (κ1) is 17.4. The molecule has 0 aliphatic heterocycles. The Labute approximate surface area is 160 Å². The van der Waals surface area contributed by atoms with Crippen LogP contribution < -0.4 is 0 Å². The highest BCUT2D eigenvalue weighted by molar-refractivity contribution is 7.98. The number of thioether (sulfide) groups is 1. The lowest BCUT2D eigenvalue weighted by molar-refractivity contribution is 0.469. The number of hydrogen-bond donors (Lipinski definition) is 0. The molecule has 27 heavy (non-hydrogen) atoms. The van der Waals surface area contributed by atoms with Crippen LogP contribution in [-0.2, 0) is 18.7 Å². The molecule has 0 N–H and O–H groups in total. The molecule has 136 valence electrons. The van der Waals surface area contributed by atoms with Gasteiger partial charge in [0, 0.05) is 24.4 Å². The Morgan fingerprint density at radius 2 is 1.70 bits per heavy atom. The molecule has 0 aliphatic rings. The van der Waals surface area contributed by atoms with Gasteiger partial charge in [0.1, 0.15) is 0 Å². The van der Waals surface area contributed by atoms with Crippen molar-refractivity contribution in [3.63, 3.8) is 0 Å². The molecular weight excluding hydrogens is 360 g/mol. The van der Waals surface area contributed by atoms with Gasteiger partial charge in [0.15, 0.2) is 11.0 Å². The fourth-order valence-electron chi connectivity index (χ4n) is 2.63. The summed E-state index contributed by atoms with van der Waals surface area (Å²) in [6, 6.07) is 14.1. The van der Waals surface area contributed by atoms with Crippen LogP contribution >= 0.6 is 11.8 Å². The van der Waals surface area contributed by atoms with Crippen molar-refractivity contribution in [2.24, 2.45) is 0 Å². The fraction of sp³-hybridized carbons (Fsp3) is 0.211. The van der Waals surface area contributed by atoms with Crippen molar-refractivity contribution in [3.8, 4) is 11.4 Å². The van der Waals surface area contributed by atoms with E-state index in [1.807, 2.05) is 37.3 Å². The number of aryl methyl sites for hydroxylation is 1. The van der Waals surface area contributed by atoms with Crippen molar-refractivity contribution in [1.29, 1.82) is 0 Å². The molecule has 1 aromatic carbocycles. The first-order valence-electron chi connectivity index (χ1n) is 8.65. The minimum Gasteiger partial charge on any atom is -0.424 e. The zero-order chi connectivity index (χ0) is 18.5. The van der Waals surface area contributed by atoms with Crippen LogP contribution in [-0.4, -0.2) is 29.9 Å². The van der Waals surface area contributed by atoms with Gasteiger partial charge in [-0.15, -0.1) is 20.4 Å². The second-order valence-electron chi connectivity index (χ2n) is 5.85. The average Bonchev–Trinajstić information content (AvgIpc) is 3.35. The first-order valence-corrected chi connectivity index (χ1v) is 9.63. The molecule has 3 aromatic heterocycles. The highest BCUT2D eigenvalue weighted by Crippen LogP contribution is 2.27. The molecule has 7 nitrogen and oxygen atoms in total. The molecule has 4 aromatic rings. The number of benzene rings is 1. The zero-order valence-electron chi connectivity index (χ0n) is 14.8. The summed E-state index contributed by atoms with van der Waals surface area (Å²) >= 11 is 1.54. The SMILES string of the molecule is CCc1nnc(CSc2nnc(-c3ccncc3)n2Cc2ccccc2)o1. The fourth-order valence-corrected chi connectivity index (χ4v) is 3.41. The van der Waals surface area contributed by atoms with Gasteiger partial charge in [-0.3, -0.25) is 9.55 Å². The third kappa shape index (κ3) is 4.06. The number of aromatic nitrogens is 6. The summed E-state index contributed by atoms with van der Waals surface area (Å²) in [6.07, 6.45) is 4.25. The van der Waals surface area contributed by atoms with Crippen LogP contribution in [0.15, 0.2) is 64.4 Å². The third-order valence-electron chi connectivity index (χ3n) is 3.97. The number of nitrogens with zero attached hydrogens (tertiary/aromatic N) is 6. The molecule has 0 fully saturated rings. The number of rotatable bonds is 7. The van der Waals surface area contributed by atoms with E-state index in [-0.39, 0.29) is 0 Å². The molecule has 0 unspecified atom stereocenters. The molecule has 4 rings (SSSR count). The standard InChI is InChI=1S/C19H18N6OS/c1-2-16-21-22-17(26-16)13-27-19-24-23-18(15-8-10-20-11-9-15)25(19)12-14-6-4-3-5-7-14/h3-11H,2,12-13H2,1H3. The smallest absolute Gasteiger partial charge is 0.226 e. The van der Waals surface area contributed by atoms with E-state index in [1.165, 1.54) is 17.3 Å². The van der Waals surface area contributed by atoms with E-state index in [0.717, 1.165) is 23.0 Å². The van der Waals surface area contributed by atoms with Crippen LogP contribution in [0.1, 0.15) is 24.3 Å². The molecule has 0 atom stereocenters. The second-order valence-corrected chi connectivity index (χ2v) is 6.79. The van der Waals surface area contributed by atoms with Crippen molar-refractivity contribution >= 4 is 11.8 Å². The van der Waals surface area contributed by atoms with Crippen molar-refractivity contribution in [2.75, 3.05) is 0 Å². The maximum absolute atomic E-state index is 5.60. The van der Waals surface area contributed by atoms with Crippen LogP contribution in [0.3, 0.4) is 0 Å². The summed E-state index contributed by atoms with van der Waals surface area (Å²) in [4.78, 5) is 4.09. The van der Waals surface area contributed by atoms with Crippen molar-refractivity contribution in [1.82, 2.24) is 29.9 Å². The van der Waals surface area contributed by atoms with Crippen molar-refractivity contribution < 1.29 is 4.42 Å². The molecule has 0 saturated heterocycles. The van der Waals surface area contributed by atoms with Crippen LogP contribution in [0, 0.1) is 0 Å². The van der Waals surface area contributed by atoms with E-state index >= 15 is 0 Å².